The molecule has 0 bridgehead atoms. The first kappa shape index (κ1) is 15.4. The molecule has 3 nitrogen and oxygen atoms in total. The number of nitrogens with zero attached hydrogens (tertiary/aromatic N) is 1. The van der Waals surface area contributed by atoms with Crippen LogP contribution in [0.5, 0.6) is 0 Å². The van der Waals surface area contributed by atoms with Gasteiger partial charge in [0, 0.05) is 29.5 Å². The summed E-state index contributed by atoms with van der Waals surface area (Å²) < 4.78 is 14.6. The first-order chi connectivity index (χ1) is 9.54. The highest BCUT2D eigenvalue weighted by Gasteiger charge is 2.21. The molecule has 20 heavy (non-hydrogen) atoms. The molecule has 0 saturated carbocycles. The number of hydrogen-bond acceptors (Lipinski definition) is 2. The number of carbonyl (C=O) groups is 1. The van der Waals surface area contributed by atoms with E-state index in [1.165, 1.54) is 6.07 Å². The van der Waals surface area contributed by atoms with E-state index in [0.29, 0.717) is 24.4 Å². The van der Waals surface area contributed by atoms with E-state index < -0.39 is 5.97 Å². The van der Waals surface area contributed by atoms with Gasteiger partial charge >= 0.3 is 5.97 Å². The lowest BCUT2D eigenvalue weighted by atomic mass is 9.93. The molecule has 1 aromatic carbocycles. The lowest BCUT2D eigenvalue weighted by Crippen LogP contribution is -2.35. The third-order valence-electron chi connectivity index (χ3n) is 3.78. The molecular weight excluding hydrogens is 325 g/mol. The maximum Gasteiger partial charge on any atom is 0.303 e. The van der Waals surface area contributed by atoms with Crippen LogP contribution in [0.2, 0.25) is 0 Å². The molecule has 2 rings (SSSR count). The highest BCUT2D eigenvalue weighted by molar-refractivity contribution is 9.10. The van der Waals surface area contributed by atoms with Gasteiger partial charge in [0.15, 0.2) is 0 Å². The predicted octanol–water partition coefficient (Wildman–Crippen LogP) is 3.67. The fourth-order valence-electron chi connectivity index (χ4n) is 2.75. The van der Waals surface area contributed by atoms with Crippen LogP contribution < -0.4 is 0 Å². The van der Waals surface area contributed by atoms with Crippen molar-refractivity contribution < 1.29 is 14.3 Å². The molecular formula is C15H19BrFNO2. The standard InChI is InChI=1S/C15H19BrFNO2/c16-13-5-4-12(14(17)8-13)10-18-7-1-2-11(9-18)3-6-15(19)20/h4-5,8,11H,1-3,6-7,9-10H2,(H,19,20). The minimum absolute atomic E-state index is 0.188. The Morgan fingerprint density at radius 2 is 2.30 bits per heavy atom. The van der Waals surface area contributed by atoms with Crippen molar-refractivity contribution in [2.45, 2.75) is 32.2 Å². The number of piperidine rings is 1. The second-order valence-corrected chi connectivity index (χ2v) is 6.33. The Morgan fingerprint density at radius 3 is 3.00 bits per heavy atom. The lowest BCUT2D eigenvalue weighted by Gasteiger charge is -2.32. The summed E-state index contributed by atoms with van der Waals surface area (Å²) in [6.07, 6.45) is 3.08. The van der Waals surface area contributed by atoms with Gasteiger partial charge in [0.05, 0.1) is 0 Å². The van der Waals surface area contributed by atoms with Crippen molar-refractivity contribution in [1.82, 2.24) is 4.90 Å². The summed E-state index contributed by atoms with van der Waals surface area (Å²) in [4.78, 5) is 12.8. The van der Waals surface area contributed by atoms with Crippen molar-refractivity contribution in [1.29, 1.82) is 0 Å². The van der Waals surface area contributed by atoms with E-state index in [1.54, 1.807) is 6.07 Å². The number of aliphatic carboxylic acids is 1. The minimum atomic E-state index is -0.735. The third-order valence-corrected chi connectivity index (χ3v) is 4.27. The summed E-state index contributed by atoms with van der Waals surface area (Å²) in [6, 6.07) is 5.14. The first-order valence-electron chi connectivity index (χ1n) is 6.92. The maximum atomic E-state index is 13.8. The smallest absolute Gasteiger partial charge is 0.303 e. The van der Waals surface area contributed by atoms with Gasteiger partial charge in [-0.25, -0.2) is 4.39 Å². The average molecular weight is 344 g/mol. The summed E-state index contributed by atoms with van der Waals surface area (Å²) in [5.41, 5.74) is 0.701. The Hall–Kier alpha value is -0.940. The van der Waals surface area contributed by atoms with Gasteiger partial charge in [0.2, 0.25) is 0 Å². The van der Waals surface area contributed by atoms with Crippen LogP contribution in [0.25, 0.3) is 0 Å². The summed E-state index contributed by atoms with van der Waals surface area (Å²) in [5, 5.41) is 8.74. The van der Waals surface area contributed by atoms with Crippen molar-refractivity contribution in [3.8, 4) is 0 Å². The fourth-order valence-corrected chi connectivity index (χ4v) is 3.08. The second-order valence-electron chi connectivity index (χ2n) is 5.41. The summed E-state index contributed by atoms with van der Waals surface area (Å²) >= 11 is 3.26. The van der Waals surface area contributed by atoms with E-state index >= 15 is 0 Å². The van der Waals surface area contributed by atoms with Crippen LogP contribution in [0.4, 0.5) is 4.39 Å². The SMILES string of the molecule is O=C(O)CCC1CCCN(Cc2ccc(Br)cc2F)C1. The molecule has 1 atom stereocenters. The van der Waals surface area contributed by atoms with Crippen molar-refractivity contribution in [3.05, 3.63) is 34.1 Å². The summed E-state index contributed by atoms with van der Waals surface area (Å²) in [5.74, 6) is -0.508. The molecule has 0 radical (unpaired) electrons. The highest BCUT2D eigenvalue weighted by Crippen LogP contribution is 2.24. The summed E-state index contributed by atoms with van der Waals surface area (Å²) in [7, 11) is 0. The van der Waals surface area contributed by atoms with Crippen molar-refractivity contribution in [3.63, 3.8) is 0 Å². The zero-order chi connectivity index (χ0) is 14.5. The van der Waals surface area contributed by atoms with E-state index in [9.17, 15) is 9.18 Å². The molecule has 1 aliphatic rings. The van der Waals surface area contributed by atoms with Crippen molar-refractivity contribution >= 4 is 21.9 Å². The van der Waals surface area contributed by atoms with Gasteiger partial charge in [-0.05, 0) is 43.9 Å². The molecule has 0 aromatic heterocycles. The molecule has 1 saturated heterocycles. The number of halogens is 2. The van der Waals surface area contributed by atoms with Crippen LogP contribution in [0.15, 0.2) is 22.7 Å². The maximum absolute atomic E-state index is 13.8. The van der Waals surface area contributed by atoms with Crippen molar-refractivity contribution in [2.75, 3.05) is 13.1 Å². The molecule has 1 unspecified atom stereocenters. The van der Waals surface area contributed by atoms with Gasteiger partial charge in [-0.3, -0.25) is 9.69 Å². The molecule has 1 heterocycles. The number of benzene rings is 1. The number of likely N-dealkylation sites (tertiary alicyclic amines) is 1. The highest BCUT2D eigenvalue weighted by atomic mass is 79.9. The Balaban J connectivity index is 1.90. The van der Waals surface area contributed by atoms with Gasteiger partial charge < -0.3 is 5.11 Å². The molecule has 1 aliphatic heterocycles. The number of hydrogen-bond donors (Lipinski definition) is 1. The van der Waals surface area contributed by atoms with Gasteiger partial charge in [0.1, 0.15) is 5.82 Å². The van der Waals surface area contributed by atoms with E-state index in [-0.39, 0.29) is 12.2 Å². The molecule has 1 N–H and O–H groups in total. The van der Waals surface area contributed by atoms with Crippen LogP contribution in [0.3, 0.4) is 0 Å². The fraction of sp³-hybridized carbons (Fsp3) is 0.533. The van der Waals surface area contributed by atoms with E-state index in [0.717, 1.165) is 30.4 Å². The molecule has 5 heteroatoms. The van der Waals surface area contributed by atoms with E-state index in [1.807, 2.05) is 6.07 Å². The number of rotatable bonds is 5. The van der Waals surface area contributed by atoms with Crippen LogP contribution >= 0.6 is 15.9 Å². The molecule has 1 aromatic rings. The molecule has 0 amide bonds. The molecule has 0 spiro atoms. The first-order valence-corrected chi connectivity index (χ1v) is 7.72. The topological polar surface area (TPSA) is 40.5 Å². The quantitative estimate of drug-likeness (QED) is 0.886. The minimum Gasteiger partial charge on any atom is -0.481 e. The monoisotopic (exact) mass is 343 g/mol. The third kappa shape index (κ3) is 4.56. The van der Waals surface area contributed by atoms with Gasteiger partial charge in [-0.15, -0.1) is 0 Å². The average Bonchev–Trinajstić information content (AvgIpc) is 2.40. The lowest BCUT2D eigenvalue weighted by molar-refractivity contribution is -0.137. The number of carboxylic acid groups (broad SMARTS) is 1. The van der Waals surface area contributed by atoms with Gasteiger partial charge in [-0.2, -0.15) is 0 Å². The Kier molecular flexibility index (Phi) is 5.54. The van der Waals surface area contributed by atoms with Gasteiger partial charge in [-0.1, -0.05) is 22.0 Å². The molecule has 110 valence electrons. The molecule has 0 aliphatic carbocycles. The Morgan fingerprint density at radius 1 is 1.50 bits per heavy atom. The largest absolute Gasteiger partial charge is 0.481 e. The van der Waals surface area contributed by atoms with Gasteiger partial charge in [0.25, 0.3) is 0 Å². The Bertz CT molecular complexity index is 481. The predicted molar refractivity (Wildman–Crippen MR) is 79.0 cm³/mol. The molecule has 1 fully saturated rings. The van der Waals surface area contributed by atoms with E-state index in [4.69, 9.17) is 5.11 Å². The second kappa shape index (κ2) is 7.18. The number of carboxylic acids is 1. The van der Waals surface area contributed by atoms with Crippen LogP contribution in [0.1, 0.15) is 31.2 Å². The van der Waals surface area contributed by atoms with Crippen LogP contribution in [0, 0.1) is 11.7 Å². The van der Waals surface area contributed by atoms with Crippen molar-refractivity contribution in [2.24, 2.45) is 5.92 Å². The van der Waals surface area contributed by atoms with Crippen LogP contribution in [-0.4, -0.2) is 29.1 Å². The van der Waals surface area contributed by atoms with Crippen LogP contribution in [-0.2, 0) is 11.3 Å². The Labute approximate surface area is 126 Å². The normalized spacial score (nSPS) is 20.0. The summed E-state index contributed by atoms with van der Waals surface area (Å²) in [6.45, 7) is 2.42. The zero-order valence-corrected chi connectivity index (χ0v) is 12.9. The van der Waals surface area contributed by atoms with E-state index in [2.05, 4.69) is 20.8 Å². The zero-order valence-electron chi connectivity index (χ0n) is 11.3.